The number of hydrogen-bond donors (Lipinski definition) is 1. The minimum Gasteiger partial charge on any atom is -0.320 e. The zero-order chi connectivity index (χ0) is 10.8. The Balaban J connectivity index is 2.34. The average molecular weight is 217 g/mol. The zero-order valence-electron chi connectivity index (χ0n) is 9.03. The van der Waals surface area contributed by atoms with E-state index in [0.717, 1.165) is 0 Å². The van der Waals surface area contributed by atoms with Crippen LogP contribution in [0.3, 0.4) is 0 Å². The van der Waals surface area contributed by atoms with Gasteiger partial charge in [0.2, 0.25) is 0 Å². The molecule has 15 heavy (non-hydrogen) atoms. The summed E-state index contributed by atoms with van der Waals surface area (Å²) in [6, 6.07) is 8.53. The van der Waals surface area contributed by atoms with Crippen LogP contribution in [-0.2, 0) is 0 Å². The fourth-order valence-electron chi connectivity index (χ4n) is 1.60. The number of aryl methyl sites for hydroxylation is 2. The highest BCUT2D eigenvalue weighted by Crippen LogP contribution is 2.23. The maximum absolute atomic E-state index is 6.19. The van der Waals surface area contributed by atoms with Crippen molar-refractivity contribution in [3.05, 3.63) is 57.3 Å². The number of thiophene rings is 1. The molecule has 0 bridgehead atoms. The van der Waals surface area contributed by atoms with Gasteiger partial charge in [0, 0.05) is 0 Å². The van der Waals surface area contributed by atoms with Gasteiger partial charge in [-0.1, -0.05) is 18.2 Å². The van der Waals surface area contributed by atoms with Crippen molar-refractivity contribution < 1.29 is 0 Å². The van der Waals surface area contributed by atoms with Crippen molar-refractivity contribution in [2.24, 2.45) is 5.73 Å². The molecular weight excluding hydrogens is 202 g/mol. The van der Waals surface area contributed by atoms with Gasteiger partial charge in [-0.05, 0) is 52.9 Å². The summed E-state index contributed by atoms with van der Waals surface area (Å²) in [5.41, 5.74) is 11.2. The lowest BCUT2D eigenvalue weighted by atomic mass is 9.98. The third kappa shape index (κ3) is 2.11. The molecule has 1 unspecified atom stereocenters. The number of rotatable bonds is 2. The molecule has 0 radical (unpaired) electrons. The van der Waals surface area contributed by atoms with Crippen LogP contribution in [0.2, 0.25) is 0 Å². The van der Waals surface area contributed by atoms with Crippen LogP contribution in [-0.4, -0.2) is 0 Å². The fourth-order valence-corrected chi connectivity index (χ4v) is 2.30. The molecule has 1 atom stereocenters. The largest absolute Gasteiger partial charge is 0.320 e. The molecule has 2 aromatic rings. The topological polar surface area (TPSA) is 26.0 Å². The molecule has 0 amide bonds. The first-order valence-corrected chi connectivity index (χ1v) is 5.97. The lowest BCUT2D eigenvalue weighted by Gasteiger charge is -2.12. The highest BCUT2D eigenvalue weighted by molar-refractivity contribution is 7.08. The van der Waals surface area contributed by atoms with Crippen LogP contribution in [0.4, 0.5) is 0 Å². The van der Waals surface area contributed by atoms with E-state index in [1.807, 2.05) is 0 Å². The maximum atomic E-state index is 6.19. The minimum absolute atomic E-state index is 0.00977. The smallest absolute Gasteiger partial charge is 0.0559 e. The molecule has 0 fully saturated rings. The molecule has 0 spiro atoms. The lowest BCUT2D eigenvalue weighted by Crippen LogP contribution is -2.11. The average Bonchev–Trinajstić information content (AvgIpc) is 2.74. The van der Waals surface area contributed by atoms with Crippen LogP contribution in [0, 0.1) is 13.8 Å². The number of benzene rings is 1. The van der Waals surface area contributed by atoms with Gasteiger partial charge in [0.25, 0.3) is 0 Å². The van der Waals surface area contributed by atoms with Gasteiger partial charge in [0.05, 0.1) is 6.04 Å². The Morgan fingerprint density at radius 2 is 1.87 bits per heavy atom. The molecule has 0 saturated carbocycles. The highest BCUT2D eigenvalue weighted by atomic mass is 32.1. The van der Waals surface area contributed by atoms with E-state index in [-0.39, 0.29) is 6.04 Å². The Morgan fingerprint density at radius 3 is 2.47 bits per heavy atom. The van der Waals surface area contributed by atoms with Crippen LogP contribution >= 0.6 is 11.3 Å². The molecular formula is C13H15NS. The van der Waals surface area contributed by atoms with E-state index >= 15 is 0 Å². The summed E-state index contributed by atoms with van der Waals surface area (Å²) in [5, 5.41) is 4.18. The van der Waals surface area contributed by atoms with Gasteiger partial charge in [-0.3, -0.25) is 0 Å². The summed E-state index contributed by atoms with van der Waals surface area (Å²) in [7, 11) is 0. The van der Waals surface area contributed by atoms with Gasteiger partial charge in [-0.15, -0.1) is 0 Å². The van der Waals surface area contributed by atoms with Gasteiger partial charge in [-0.2, -0.15) is 11.3 Å². The minimum atomic E-state index is 0.00977. The molecule has 1 heterocycles. The normalized spacial score (nSPS) is 12.7. The third-order valence-electron chi connectivity index (χ3n) is 2.79. The monoisotopic (exact) mass is 217 g/mol. The van der Waals surface area contributed by atoms with Gasteiger partial charge >= 0.3 is 0 Å². The number of hydrogen-bond acceptors (Lipinski definition) is 2. The van der Waals surface area contributed by atoms with Gasteiger partial charge in [0.1, 0.15) is 0 Å². The van der Waals surface area contributed by atoms with Crippen LogP contribution in [0.5, 0.6) is 0 Å². The first-order chi connectivity index (χ1) is 7.18. The summed E-state index contributed by atoms with van der Waals surface area (Å²) in [6.45, 7) is 4.24. The van der Waals surface area contributed by atoms with E-state index in [0.29, 0.717) is 0 Å². The second-order valence-electron chi connectivity index (χ2n) is 3.88. The third-order valence-corrected chi connectivity index (χ3v) is 3.49. The quantitative estimate of drug-likeness (QED) is 0.819. The first kappa shape index (κ1) is 10.4. The van der Waals surface area contributed by atoms with Gasteiger partial charge < -0.3 is 5.73 Å². The Bertz CT molecular complexity index is 446. The van der Waals surface area contributed by atoms with Crippen molar-refractivity contribution in [3.8, 4) is 0 Å². The first-order valence-electron chi connectivity index (χ1n) is 5.03. The van der Waals surface area contributed by atoms with Crippen molar-refractivity contribution in [1.82, 2.24) is 0 Å². The summed E-state index contributed by atoms with van der Waals surface area (Å²) in [5.74, 6) is 0. The summed E-state index contributed by atoms with van der Waals surface area (Å²) in [4.78, 5) is 0. The van der Waals surface area contributed by atoms with E-state index in [1.165, 1.54) is 22.3 Å². The zero-order valence-corrected chi connectivity index (χ0v) is 9.84. The van der Waals surface area contributed by atoms with E-state index in [2.05, 4.69) is 48.9 Å². The molecule has 0 aliphatic carbocycles. The fraction of sp³-hybridized carbons (Fsp3) is 0.231. The maximum Gasteiger partial charge on any atom is 0.0559 e. The van der Waals surface area contributed by atoms with Crippen LogP contribution in [0.25, 0.3) is 0 Å². The Morgan fingerprint density at radius 1 is 1.07 bits per heavy atom. The SMILES string of the molecule is Cc1ccc(C(N)c2ccsc2)cc1C. The molecule has 2 rings (SSSR count). The molecule has 1 aromatic carbocycles. The van der Waals surface area contributed by atoms with Crippen LogP contribution in [0.1, 0.15) is 28.3 Å². The van der Waals surface area contributed by atoms with Crippen molar-refractivity contribution in [1.29, 1.82) is 0 Å². The summed E-state index contributed by atoms with van der Waals surface area (Å²) >= 11 is 1.69. The van der Waals surface area contributed by atoms with Crippen LogP contribution in [0.15, 0.2) is 35.0 Å². The van der Waals surface area contributed by atoms with Gasteiger partial charge in [0.15, 0.2) is 0 Å². The molecule has 2 N–H and O–H groups in total. The van der Waals surface area contributed by atoms with E-state index in [9.17, 15) is 0 Å². The second-order valence-corrected chi connectivity index (χ2v) is 4.66. The predicted octanol–water partition coefficient (Wildman–Crippen LogP) is 3.41. The summed E-state index contributed by atoms with van der Waals surface area (Å²) < 4.78 is 0. The Labute approximate surface area is 94.6 Å². The molecule has 0 aliphatic rings. The molecule has 0 saturated heterocycles. The standard InChI is InChI=1S/C13H15NS/c1-9-3-4-11(7-10(9)2)13(14)12-5-6-15-8-12/h3-8,13H,14H2,1-2H3. The molecule has 2 heteroatoms. The molecule has 0 aliphatic heterocycles. The molecule has 1 aromatic heterocycles. The van der Waals surface area contributed by atoms with Crippen molar-refractivity contribution in [2.75, 3.05) is 0 Å². The highest BCUT2D eigenvalue weighted by Gasteiger charge is 2.09. The molecule has 1 nitrogen and oxygen atoms in total. The van der Waals surface area contributed by atoms with Crippen molar-refractivity contribution in [3.63, 3.8) is 0 Å². The number of nitrogens with two attached hydrogens (primary N) is 1. The van der Waals surface area contributed by atoms with Crippen molar-refractivity contribution >= 4 is 11.3 Å². The van der Waals surface area contributed by atoms with E-state index in [4.69, 9.17) is 5.73 Å². The Hall–Kier alpha value is -1.12. The second kappa shape index (κ2) is 4.17. The van der Waals surface area contributed by atoms with E-state index in [1.54, 1.807) is 11.3 Å². The van der Waals surface area contributed by atoms with Crippen molar-refractivity contribution in [2.45, 2.75) is 19.9 Å². The van der Waals surface area contributed by atoms with E-state index < -0.39 is 0 Å². The van der Waals surface area contributed by atoms with Crippen LogP contribution < -0.4 is 5.73 Å². The summed E-state index contributed by atoms with van der Waals surface area (Å²) in [6.07, 6.45) is 0. The Kier molecular flexibility index (Phi) is 2.89. The lowest BCUT2D eigenvalue weighted by molar-refractivity contribution is 0.874. The molecule has 78 valence electrons. The predicted molar refractivity (Wildman–Crippen MR) is 66.3 cm³/mol. The van der Waals surface area contributed by atoms with Gasteiger partial charge in [-0.25, -0.2) is 0 Å².